The first-order valence-corrected chi connectivity index (χ1v) is 5.72. The Bertz CT molecular complexity index is 577. The van der Waals surface area contributed by atoms with Crippen molar-refractivity contribution in [2.75, 3.05) is 5.73 Å². The zero-order chi connectivity index (χ0) is 13.1. The second-order valence-corrected chi connectivity index (χ2v) is 4.00. The van der Waals surface area contributed by atoms with E-state index in [9.17, 15) is 4.39 Å². The molecule has 0 saturated heterocycles. The van der Waals surface area contributed by atoms with Gasteiger partial charge in [-0.3, -0.25) is 0 Å². The van der Waals surface area contributed by atoms with Crippen molar-refractivity contribution in [2.45, 2.75) is 13.3 Å². The number of rotatable bonds is 3. The summed E-state index contributed by atoms with van der Waals surface area (Å²) in [5.74, 6) is -0.464. The van der Waals surface area contributed by atoms with Gasteiger partial charge in [0, 0.05) is 5.02 Å². The predicted molar refractivity (Wildman–Crippen MR) is 67.3 cm³/mol. The van der Waals surface area contributed by atoms with Crippen LogP contribution in [0.25, 0.3) is 0 Å². The molecule has 0 unspecified atom stereocenters. The molecule has 0 aliphatic rings. The SMILES string of the molecule is CCc1cc(Oc2nc(N)ncc2F)ccc1Cl. The summed E-state index contributed by atoms with van der Waals surface area (Å²) in [5.41, 5.74) is 6.28. The van der Waals surface area contributed by atoms with E-state index in [0.29, 0.717) is 10.8 Å². The number of anilines is 1. The molecule has 0 aliphatic heterocycles. The van der Waals surface area contributed by atoms with Crippen LogP contribution in [-0.4, -0.2) is 9.97 Å². The van der Waals surface area contributed by atoms with Crippen molar-refractivity contribution in [1.82, 2.24) is 9.97 Å². The molecule has 0 fully saturated rings. The summed E-state index contributed by atoms with van der Waals surface area (Å²) in [6, 6.07) is 5.07. The Morgan fingerprint density at radius 2 is 2.22 bits per heavy atom. The third-order valence-electron chi connectivity index (χ3n) is 2.34. The largest absolute Gasteiger partial charge is 0.436 e. The van der Waals surface area contributed by atoms with Crippen LogP contribution in [0.1, 0.15) is 12.5 Å². The zero-order valence-corrected chi connectivity index (χ0v) is 10.4. The molecule has 0 aliphatic carbocycles. The minimum Gasteiger partial charge on any atom is -0.436 e. The van der Waals surface area contributed by atoms with Crippen LogP contribution in [0.3, 0.4) is 0 Å². The summed E-state index contributed by atoms with van der Waals surface area (Å²) >= 11 is 5.98. The van der Waals surface area contributed by atoms with Gasteiger partial charge in [-0.2, -0.15) is 9.37 Å². The number of nitrogen functional groups attached to an aromatic ring is 1. The van der Waals surface area contributed by atoms with Gasteiger partial charge in [0.05, 0.1) is 6.20 Å². The second-order valence-electron chi connectivity index (χ2n) is 3.59. The van der Waals surface area contributed by atoms with E-state index in [0.717, 1.165) is 18.2 Å². The number of aryl methyl sites for hydroxylation is 1. The van der Waals surface area contributed by atoms with E-state index >= 15 is 0 Å². The van der Waals surface area contributed by atoms with Gasteiger partial charge in [0.15, 0.2) is 0 Å². The van der Waals surface area contributed by atoms with Crippen LogP contribution in [0.5, 0.6) is 11.6 Å². The number of benzene rings is 1. The molecule has 4 nitrogen and oxygen atoms in total. The molecule has 6 heteroatoms. The van der Waals surface area contributed by atoms with E-state index in [4.69, 9.17) is 22.1 Å². The van der Waals surface area contributed by atoms with E-state index in [2.05, 4.69) is 9.97 Å². The monoisotopic (exact) mass is 267 g/mol. The molecule has 1 heterocycles. The molecule has 0 bridgehead atoms. The number of hydrogen-bond acceptors (Lipinski definition) is 4. The first-order valence-electron chi connectivity index (χ1n) is 5.34. The van der Waals surface area contributed by atoms with Crippen molar-refractivity contribution >= 4 is 17.5 Å². The van der Waals surface area contributed by atoms with E-state index in [1.54, 1.807) is 18.2 Å². The standard InChI is InChI=1S/C12H11ClFN3O/c1-2-7-5-8(3-4-9(7)13)18-11-10(14)6-16-12(15)17-11/h3-6H,2H2,1H3,(H2,15,16,17). The lowest BCUT2D eigenvalue weighted by Gasteiger charge is -2.08. The number of aromatic nitrogens is 2. The molecule has 0 amide bonds. The maximum atomic E-state index is 13.4. The van der Waals surface area contributed by atoms with Crippen molar-refractivity contribution < 1.29 is 9.13 Å². The molecule has 0 atom stereocenters. The molecular formula is C12H11ClFN3O. The van der Waals surface area contributed by atoms with Crippen LogP contribution in [0, 0.1) is 5.82 Å². The second kappa shape index (κ2) is 5.18. The van der Waals surface area contributed by atoms with Gasteiger partial charge >= 0.3 is 0 Å². The quantitative estimate of drug-likeness (QED) is 0.928. The van der Waals surface area contributed by atoms with Crippen molar-refractivity contribution in [1.29, 1.82) is 0 Å². The Morgan fingerprint density at radius 1 is 1.44 bits per heavy atom. The molecule has 0 spiro atoms. The Morgan fingerprint density at radius 3 is 2.94 bits per heavy atom. The molecule has 0 saturated carbocycles. The summed E-state index contributed by atoms with van der Waals surface area (Å²) in [6.45, 7) is 1.97. The summed E-state index contributed by atoms with van der Waals surface area (Å²) in [6.07, 6.45) is 1.72. The van der Waals surface area contributed by atoms with Gasteiger partial charge in [-0.25, -0.2) is 4.98 Å². The number of halogens is 2. The van der Waals surface area contributed by atoms with E-state index in [1.165, 1.54) is 0 Å². The van der Waals surface area contributed by atoms with Gasteiger partial charge in [0.25, 0.3) is 5.88 Å². The maximum absolute atomic E-state index is 13.4. The topological polar surface area (TPSA) is 61.0 Å². The highest BCUT2D eigenvalue weighted by atomic mass is 35.5. The molecule has 94 valence electrons. The number of hydrogen-bond donors (Lipinski definition) is 1. The molecular weight excluding hydrogens is 257 g/mol. The van der Waals surface area contributed by atoms with Crippen LogP contribution in [0.2, 0.25) is 5.02 Å². The van der Waals surface area contributed by atoms with Gasteiger partial charge in [-0.05, 0) is 30.2 Å². The van der Waals surface area contributed by atoms with Gasteiger partial charge in [-0.1, -0.05) is 18.5 Å². The molecule has 2 aromatic rings. The van der Waals surface area contributed by atoms with Gasteiger partial charge in [0.1, 0.15) is 5.75 Å². The Hall–Kier alpha value is -1.88. The zero-order valence-electron chi connectivity index (χ0n) is 9.65. The van der Waals surface area contributed by atoms with Crippen molar-refractivity contribution in [3.63, 3.8) is 0 Å². The maximum Gasteiger partial charge on any atom is 0.260 e. The number of nitrogens with zero attached hydrogens (tertiary/aromatic N) is 2. The number of ether oxygens (including phenoxy) is 1. The first-order chi connectivity index (χ1) is 8.60. The molecule has 1 aromatic heterocycles. The third kappa shape index (κ3) is 2.68. The Labute approximate surface area is 109 Å². The van der Waals surface area contributed by atoms with Crippen molar-refractivity contribution in [3.8, 4) is 11.6 Å². The third-order valence-corrected chi connectivity index (χ3v) is 2.71. The average molecular weight is 268 g/mol. The van der Waals surface area contributed by atoms with Crippen molar-refractivity contribution in [3.05, 3.63) is 40.8 Å². The highest BCUT2D eigenvalue weighted by Crippen LogP contribution is 2.27. The summed E-state index contributed by atoms with van der Waals surface area (Å²) in [5, 5.41) is 0.646. The highest BCUT2D eigenvalue weighted by Gasteiger charge is 2.09. The fourth-order valence-corrected chi connectivity index (χ4v) is 1.68. The van der Waals surface area contributed by atoms with Crippen LogP contribution < -0.4 is 10.5 Å². The highest BCUT2D eigenvalue weighted by molar-refractivity contribution is 6.31. The molecule has 1 aromatic carbocycles. The van der Waals surface area contributed by atoms with Crippen LogP contribution in [0.4, 0.5) is 10.3 Å². The molecule has 2 N–H and O–H groups in total. The van der Waals surface area contributed by atoms with E-state index < -0.39 is 5.82 Å². The van der Waals surface area contributed by atoms with E-state index in [-0.39, 0.29) is 11.8 Å². The lowest BCUT2D eigenvalue weighted by Crippen LogP contribution is -1.99. The minimum absolute atomic E-state index is 0.0453. The molecule has 18 heavy (non-hydrogen) atoms. The average Bonchev–Trinajstić information content (AvgIpc) is 2.36. The minimum atomic E-state index is -0.669. The van der Waals surface area contributed by atoms with Crippen LogP contribution in [0.15, 0.2) is 24.4 Å². The van der Waals surface area contributed by atoms with Crippen LogP contribution >= 0.6 is 11.6 Å². The summed E-state index contributed by atoms with van der Waals surface area (Å²) in [7, 11) is 0. The smallest absolute Gasteiger partial charge is 0.260 e. The fourth-order valence-electron chi connectivity index (χ4n) is 1.43. The number of nitrogens with two attached hydrogens (primary N) is 1. The lowest BCUT2D eigenvalue weighted by atomic mass is 10.1. The molecule has 0 radical (unpaired) electrons. The Kier molecular flexibility index (Phi) is 3.62. The normalized spacial score (nSPS) is 10.4. The fraction of sp³-hybridized carbons (Fsp3) is 0.167. The van der Waals surface area contributed by atoms with Gasteiger partial charge < -0.3 is 10.5 Å². The Balaban J connectivity index is 2.31. The predicted octanol–water partition coefficient (Wildman–Crippen LogP) is 3.21. The van der Waals surface area contributed by atoms with E-state index in [1.807, 2.05) is 6.92 Å². The lowest BCUT2D eigenvalue weighted by molar-refractivity contribution is 0.420. The summed E-state index contributed by atoms with van der Waals surface area (Å²) in [4.78, 5) is 7.20. The van der Waals surface area contributed by atoms with Crippen LogP contribution in [-0.2, 0) is 6.42 Å². The van der Waals surface area contributed by atoms with Gasteiger partial charge in [0.2, 0.25) is 11.8 Å². The van der Waals surface area contributed by atoms with Gasteiger partial charge in [-0.15, -0.1) is 0 Å². The first kappa shape index (κ1) is 12.6. The van der Waals surface area contributed by atoms with Crippen molar-refractivity contribution in [2.24, 2.45) is 0 Å². The summed E-state index contributed by atoms with van der Waals surface area (Å²) < 4.78 is 18.7. The molecule has 2 rings (SSSR count).